The molecule has 0 saturated carbocycles. The van der Waals surface area contributed by atoms with Crippen molar-refractivity contribution < 1.29 is 23.8 Å². The fourth-order valence-corrected chi connectivity index (χ4v) is 2.33. The van der Waals surface area contributed by atoms with Gasteiger partial charge in [-0.15, -0.1) is 0 Å². The van der Waals surface area contributed by atoms with Crippen molar-refractivity contribution >= 4 is 24.2 Å². The molecule has 0 aliphatic carbocycles. The van der Waals surface area contributed by atoms with Crippen LogP contribution in [0.4, 0.5) is 0 Å². The van der Waals surface area contributed by atoms with Gasteiger partial charge in [0.15, 0.2) is 6.10 Å². The molecule has 0 aliphatic heterocycles. The minimum Gasteiger partial charge on any atom is -0.465 e. The maximum absolute atomic E-state index is 11.9. The largest absolute Gasteiger partial charge is 0.465 e. The van der Waals surface area contributed by atoms with Crippen LogP contribution in [-0.4, -0.2) is 23.2 Å². The third-order valence-electron chi connectivity index (χ3n) is 3.78. The predicted octanol–water partition coefficient (Wildman–Crippen LogP) is 3.08. The van der Waals surface area contributed by atoms with Crippen LogP contribution in [-0.2, 0) is 9.59 Å². The molecule has 3 rings (SSSR count). The third-order valence-corrected chi connectivity index (χ3v) is 3.78. The second kappa shape index (κ2) is 9.82. The second-order valence-electron chi connectivity index (χ2n) is 5.89. The molecular formula is C22H18N2O5. The van der Waals surface area contributed by atoms with Gasteiger partial charge in [-0.3, -0.25) is 4.79 Å². The van der Waals surface area contributed by atoms with Crippen molar-refractivity contribution in [2.75, 3.05) is 0 Å². The van der Waals surface area contributed by atoms with Crippen LogP contribution in [0.2, 0.25) is 0 Å². The molecule has 146 valence electrons. The van der Waals surface area contributed by atoms with Gasteiger partial charge in [0, 0.05) is 6.08 Å². The average molecular weight is 390 g/mol. The van der Waals surface area contributed by atoms with E-state index in [0.29, 0.717) is 22.6 Å². The number of ether oxygens (including phenoxy) is 1. The Morgan fingerprint density at radius 1 is 1.03 bits per heavy atom. The number of nitrogens with one attached hydrogen (secondary N) is 1. The number of esters is 1. The van der Waals surface area contributed by atoms with Crippen molar-refractivity contribution in [3.8, 4) is 5.75 Å². The first-order valence-corrected chi connectivity index (χ1v) is 8.71. The van der Waals surface area contributed by atoms with E-state index in [1.165, 1.54) is 24.6 Å². The monoisotopic (exact) mass is 390 g/mol. The van der Waals surface area contributed by atoms with Crippen LogP contribution < -0.4 is 10.2 Å². The molecule has 7 heteroatoms. The van der Waals surface area contributed by atoms with E-state index in [4.69, 9.17) is 9.15 Å². The van der Waals surface area contributed by atoms with Crippen molar-refractivity contribution in [1.82, 2.24) is 5.43 Å². The summed E-state index contributed by atoms with van der Waals surface area (Å²) in [5.74, 6) is -0.265. The Bertz CT molecular complexity index is 993. The first kappa shape index (κ1) is 19.8. The zero-order chi connectivity index (χ0) is 20.5. The molecule has 7 nitrogen and oxygen atoms in total. The molecule has 0 spiro atoms. The first-order valence-electron chi connectivity index (χ1n) is 8.71. The molecule has 1 atom stereocenters. The number of carbonyl (C=O) groups is 2. The first-order chi connectivity index (χ1) is 14.1. The lowest BCUT2D eigenvalue weighted by Gasteiger charge is -2.08. The SMILES string of the molecule is O=C(/C=C/c1ccco1)Oc1ccc(/C=N\NC(=O)[C@@H](O)c2ccccc2)cc1. The van der Waals surface area contributed by atoms with Gasteiger partial charge in [-0.25, -0.2) is 10.2 Å². The third kappa shape index (κ3) is 6.02. The molecule has 29 heavy (non-hydrogen) atoms. The summed E-state index contributed by atoms with van der Waals surface area (Å²) in [5, 5.41) is 13.8. The van der Waals surface area contributed by atoms with Gasteiger partial charge < -0.3 is 14.3 Å². The van der Waals surface area contributed by atoms with Crippen LogP contribution in [0.3, 0.4) is 0 Å². The van der Waals surface area contributed by atoms with Crippen molar-refractivity contribution in [3.63, 3.8) is 0 Å². The van der Waals surface area contributed by atoms with Gasteiger partial charge in [0.1, 0.15) is 11.5 Å². The van der Waals surface area contributed by atoms with E-state index in [9.17, 15) is 14.7 Å². The highest BCUT2D eigenvalue weighted by atomic mass is 16.5. The Kier molecular flexibility index (Phi) is 6.70. The Labute approximate surface area is 166 Å². The number of furan rings is 1. The zero-order valence-electron chi connectivity index (χ0n) is 15.3. The van der Waals surface area contributed by atoms with Gasteiger partial charge in [0.25, 0.3) is 5.91 Å². The lowest BCUT2D eigenvalue weighted by Crippen LogP contribution is -2.25. The predicted molar refractivity (Wildman–Crippen MR) is 107 cm³/mol. The number of carbonyl (C=O) groups excluding carboxylic acids is 2. The fraction of sp³-hybridized carbons (Fsp3) is 0.0455. The normalized spacial score (nSPS) is 12.2. The fourth-order valence-electron chi connectivity index (χ4n) is 2.33. The molecule has 2 aromatic carbocycles. The lowest BCUT2D eigenvalue weighted by atomic mass is 10.1. The van der Waals surface area contributed by atoms with Gasteiger partial charge in [-0.1, -0.05) is 30.3 Å². The van der Waals surface area contributed by atoms with E-state index in [1.807, 2.05) is 0 Å². The van der Waals surface area contributed by atoms with Gasteiger partial charge in [-0.05, 0) is 53.6 Å². The highest BCUT2D eigenvalue weighted by molar-refractivity contribution is 5.88. The highest BCUT2D eigenvalue weighted by Crippen LogP contribution is 2.13. The van der Waals surface area contributed by atoms with Gasteiger partial charge >= 0.3 is 5.97 Å². The molecule has 1 heterocycles. The molecule has 0 fully saturated rings. The molecule has 0 aliphatic rings. The minimum atomic E-state index is -1.30. The highest BCUT2D eigenvalue weighted by Gasteiger charge is 2.15. The molecule has 0 unspecified atom stereocenters. The summed E-state index contributed by atoms with van der Waals surface area (Å²) < 4.78 is 10.3. The summed E-state index contributed by atoms with van der Waals surface area (Å²) in [5.41, 5.74) is 3.43. The molecular weight excluding hydrogens is 372 g/mol. The van der Waals surface area contributed by atoms with Gasteiger partial charge in [0.2, 0.25) is 0 Å². The van der Waals surface area contributed by atoms with Crippen LogP contribution in [0, 0.1) is 0 Å². The van der Waals surface area contributed by atoms with E-state index in [2.05, 4.69) is 10.5 Å². The minimum absolute atomic E-state index is 0.361. The summed E-state index contributed by atoms with van der Waals surface area (Å²) in [6.07, 6.45) is 4.40. The van der Waals surface area contributed by atoms with Crippen LogP contribution in [0.1, 0.15) is 23.0 Å². The number of hydrogen-bond donors (Lipinski definition) is 2. The number of hydrazone groups is 1. The van der Waals surface area contributed by atoms with E-state index in [1.54, 1.807) is 66.7 Å². The Morgan fingerprint density at radius 3 is 2.48 bits per heavy atom. The standard InChI is InChI=1S/C22H18N2O5/c25-20(13-12-18-7-4-14-28-18)29-19-10-8-16(9-11-19)15-23-24-22(27)21(26)17-5-2-1-3-6-17/h1-15,21,26H,(H,24,27)/b13-12+,23-15-/t21-/m0/s1. The average Bonchev–Trinajstić information content (AvgIpc) is 3.27. The molecule has 0 saturated heterocycles. The van der Waals surface area contributed by atoms with Crippen LogP contribution in [0.15, 0.2) is 88.6 Å². The number of rotatable bonds is 7. The topological polar surface area (TPSA) is 101 Å². The van der Waals surface area contributed by atoms with E-state index in [-0.39, 0.29) is 0 Å². The molecule has 0 radical (unpaired) electrons. The van der Waals surface area contributed by atoms with Crippen molar-refractivity contribution in [2.24, 2.45) is 5.10 Å². The summed E-state index contributed by atoms with van der Waals surface area (Å²) in [4.78, 5) is 23.7. The Morgan fingerprint density at radius 2 is 1.79 bits per heavy atom. The van der Waals surface area contributed by atoms with Crippen molar-refractivity contribution in [3.05, 3.63) is 96.0 Å². The second-order valence-corrected chi connectivity index (χ2v) is 5.89. The molecule has 1 amide bonds. The molecule has 0 bridgehead atoms. The summed E-state index contributed by atoms with van der Waals surface area (Å²) in [6, 6.07) is 18.5. The van der Waals surface area contributed by atoms with E-state index in [0.717, 1.165) is 0 Å². The molecule has 2 N–H and O–H groups in total. The quantitative estimate of drug-likeness (QED) is 0.212. The number of hydrogen-bond acceptors (Lipinski definition) is 6. The van der Waals surface area contributed by atoms with E-state index >= 15 is 0 Å². The number of nitrogens with zero attached hydrogens (tertiary/aromatic N) is 1. The smallest absolute Gasteiger partial charge is 0.336 e. The van der Waals surface area contributed by atoms with E-state index < -0.39 is 18.0 Å². The van der Waals surface area contributed by atoms with Crippen LogP contribution in [0.5, 0.6) is 5.75 Å². The number of amides is 1. The van der Waals surface area contributed by atoms with Crippen LogP contribution >= 0.6 is 0 Å². The van der Waals surface area contributed by atoms with Crippen LogP contribution in [0.25, 0.3) is 6.08 Å². The van der Waals surface area contributed by atoms with Gasteiger partial charge in [-0.2, -0.15) is 5.10 Å². The Balaban J connectivity index is 1.49. The maximum Gasteiger partial charge on any atom is 0.336 e. The Hall–Kier alpha value is -3.97. The number of aliphatic hydroxyl groups is 1. The lowest BCUT2D eigenvalue weighted by molar-refractivity contribution is -0.130. The summed E-state index contributed by atoms with van der Waals surface area (Å²) in [6.45, 7) is 0. The number of benzene rings is 2. The van der Waals surface area contributed by atoms with Crippen molar-refractivity contribution in [2.45, 2.75) is 6.10 Å². The van der Waals surface area contributed by atoms with Crippen molar-refractivity contribution in [1.29, 1.82) is 0 Å². The maximum atomic E-state index is 11.9. The summed E-state index contributed by atoms with van der Waals surface area (Å²) >= 11 is 0. The molecule has 3 aromatic rings. The number of aliphatic hydroxyl groups excluding tert-OH is 1. The van der Waals surface area contributed by atoms with Gasteiger partial charge in [0.05, 0.1) is 12.5 Å². The molecule has 1 aromatic heterocycles. The zero-order valence-corrected chi connectivity index (χ0v) is 15.3. The summed E-state index contributed by atoms with van der Waals surface area (Å²) in [7, 11) is 0.